The van der Waals surface area contributed by atoms with Gasteiger partial charge in [-0.15, -0.1) is 0 Å². The highest BCUT2D eigenvalue weighted by molar-refractivity contribution is 6.62. The van der Waals surface area contributed by atoms with Crippen molar-refractivity contribution in [3.63, 3.8) is 0 Å². The van der Waals surface area contributed by atoms with E-state index in [1.165, 1.54) is 5.69 Å². The van der Waals surface area contributed by atoms with Gasteiger partial charge < -0.3 is 14.0 Å². The summed E-state index contributed by atoms with van der Waals surface area (Å²) in [5.41, 5.74) is 1.67. The molecule has 1 aromatic heterocycles. The summed E-state index contributed by atoms with van der Waals surface area (Å²) in [5.74, 6) is 0. The molecule has 0 radical (unpaired) electrons. The molecule has 1 unspecified atom stereocenters. The van der Waals surface area contributed by atoms with Crippen LogP contribution in [0.25, 0.3) is 0 Å². The van der Waals surface area contributed by atoms with E-state index in [4.69, 9.17) is 14.0 Å². The lowest BCUT2D eigenvalue weighted by atomic mass is 9.78. The van der Waals surface area contributed by atoms with Gasteiger partial charge in [0.2, 0.25) is 0 Å². The largest absolute Gasteiger partial charge is 0.498 e. The fraction of sp³-hybridized carbons (Fsp3) is 0.786. The van der Waals surface area contributed by atoms with Crippen molar-refractivity contribution in [3.05, 3.63) is 11.9 Å². The van der Waals surface area contributed by atoms with Crippen molar-refractivity contribution in [2.75, 3.05) is 7.11 Å². The molecule has 5 nitrogen and oxygen atoms in total. The second-order valence-electron chi connectivity index (χ2n) is 6.71. The van der Waals surface area contributed by atoms with Gasteiger partial charge in [-0.3, -0.25) is 4.68 Å². The molecule has 3 heterocycles. The molecular formula is C14H23BN2O3. The van der Waals surface area contributed by atoms with Crippen LogP contribution in [0.2, 0.25) is 0 Å². The van der Waals surface area contributed by atoms with Crippen LogP contribution in [0.4, 0.5) is 0 Å². The number of fused-ring (bicyclic) bond motifs is 1. The van der Waals surface area contributed by atoms with Crippen molar-refractivity contribution in [3.8, 4) is 0 Å². The van der Waals surface area contributed by atoms with Crippen LogP contribution in [0, 0.1) is 0 Å². The Bertz CT molecular complexity index is 497. The second kappa shape index (κ2) is 4.58. The van der Waals surface area contributed by atoms with Crippen LogP contribution >= 0.6 is 0 Å². The summed E-state index contributed by atoms with van der Waals surface area (Å²) < 4.78 is 19.7. The maximum Gasteiger partial charge on any atom is 0.498 e. The normalized spacial score (nSPS) is 27.6. The summed E-state index contributed by atoms with van der Waals surface area (Å²) in [7, 11) is 1.44. The summed E-state index contributed by atoms with van der Waals surface area (Å²) in [5, 5.41) is 4.47. The Morgan fingerprint density at radius 2 is 1.95 bits per heavy atom. The van der Waals surface area contributed by atoms with E-state index in [1.807, 2.05) is 10.9 Å². The quantitative estimate of drug-likeness (QED) is 0.761. The van der Waals surface area contributed by atoms with Gasteiger partial charge in [0, 0.05) is 24.5 Å². The zero-order valence-electron chi connectivity index (χ0n) is 13.0. The highest BCUT2D eigenvalue weighted by Crippen LogP contribution is 2.36. The maximum absolute atomic E-state index is 6.12. The SMILES string of the molecule is COC1CCc2c(B3OC(C)(C)C(C)(C)O3)cnn2C1. The van der Waals surface area contributed by atoms with Crippen LogP contribution in [0.5, 0.6) is 0 Å². The minimum Gasteiger partial charge on any atom is -0.399 e. The lowest BCUT2D eigenvalue weighted by Crippen LogP contribution is -2.41. The van der Waals surface area contributed by atoms with Gasteiger partial charge >= 0.3 is 7.12 Å². The summed E-state index contributed by atoms with van der Waals surface area (Å²) in [6.07, 6.45) is 4.12. The first-order valence-electron chi connectivity index (χ1n) is 7.27. The molecule has 1 fully saturated rings. The lowest BCUT2D eigenvalue weighted by Gasteiger charge is -2.32. The van der Waals surface area contributed by atoms with Gasteiger partial charge in [-0.05, 0) is 40.5 Å². The molecule has 6 heteroatoms. The van der Waals surface area contributed by atoms with Gasteiger partial charge in [-0.2, -0.15) is 5.10 Å². The molecule has 1 atom stereocenters. The van der Waals surface area contributed by atoms with Crippen molar-refractivity contribution >= 4 is 12.6 Å². The number of aromatic nitrogens is 2. The van der Waals surface area contributed by atoms with E-state index >= 15 is 0 Å². The van der Waals surface area contributed by atoms with Gasteiger partial charge in [-0.1, -0.05) is 0 Å². The average molecular weight is 278 g/mol. The Balaban J connectivity index is 1.86. The maximum atomic E-state index is 6.12. The van der Waals surface area contributed by atoms with Gasteiger partial charge in [0.05, 0.1) is 23.9 Å². The van der Waals surface area contributed by atoms with Crippen LogP contribution in [-0.2, 0) is 27.0 Å². The van der Waals surface area contributed by atoms with Gasteiger partial charge in [0.25, 0.3) is 0 Å². The third-order valence-electron chi connectivity index (χ3n) is 4.90. The number of methoxy groups -OCH3 is 1. The molecule has 0 spiro atoms. The molecule has 0 saturated carbocycles. The van der Waals surface area contributed by atoms with E-state index < -0.39 is 0 Å². The summed E-state index contributed by atoms with van der Waals surface area (Å²) in [4.78, 5) is 0. The Kier molecular flexibility index (Phi) is 3.23. The molecule has 0 aliphatic carbocycles. The first kappa shape index (κ1) is 14.1. The van der Waals surface area contributed by atoms with E-state index in [2.05, 4.69) is 32.8 Å². The van der Waals surface area contributed by atoms with Crippen molar-refractivity contribution in [2.24, 2.45) is 0 Å². The number of hydrogen-bond acceptors (Lipinski definition) is 4. The first-order valence-corrected chi connectivity index (χ1v) is 7.27. The monoisotopic (exact) mass is 278 g/mol. The third kappa shape index (κ3) is 2.10. The standard InChI is InChI=1S/C14H23BN2O3/c1-13(2)14(3,4)20-15(19-13)11-8-16-17-9-10(18-5)6-7-12(11)17/h8,10H,6-7,9H2,1-5H3. The van der Waals surface area contributed by atoms with Crippen molar-refractivity contribution in [2.45, 2.75) is 64.4 Å². The van der Waals surface area contributed by atoms with Crippen LogP contribution in [0.1, 0.15) is 39.8 Å². The zero-order valence-corrected chi connectivity index (χ0v) is 13.0. The van der Waals surface area contributed by atoms with Gasteiger partial charge in [0.15, 0.2) is 0 Å². The third-order valence-corrected chi connectivity index (χ3v) is 4.90. The van der Waals surface area contributed by atoms with E-state index in [0.717, 1.165) is 24.8 Å². The second-order valence-corrected chi connectivity index (χ2v) is 6.71. The Hall–Kier alpha value is -0.845. The van der Waals surface area contributed by atoms with Crippen molar-refractivity contribution in [1.29, 1.82) is 0 Å². The number of nitrogens with zero attached hydrogens (tertiary/aromatic N) is 2. The predicted octanol–water partition coefficient (Wildman–Crippen LogP) is 1.14. The number of hydrogen-bond donors (Lipinski definition) is 0. The molecule has 0 bridgehead atoms. The average Bonchev–Trinajstić information content (AvgIpc) is 2.87. The lowest BCUT2D eigenvalue weighted by molar-refractivity contribution is 0.00578. The zero-order chi connectivity index (χ0) is 14.5. The molecule has 2 aliphatic heterocycles. The topological polar surface area (TPSA) is 45.5 Å². The van der Waals surface area contributed by atoms with Crippen molar-refractivity contribution in [1.82, 2.24) is 9.78 Å². The minimum absolute atomic E-state index is 0.258. The molecule has 2 aliphatic rings. The Morgan fingerprint density at radius 3 is 2.55 bits per heavy atom. The van der Waals surface area contributed by atoms with Crippen LogP contribution in [0.15, 0.2) is 6.20 Å². The minimum atomic E-state index is -0.317. The summed E-state index contributed by atoms with van der Waals surface area (Å²) in [6, 6.07) is 0. The van der Waals surface area contributed by atoms with E-state index in [-0.39, 0.29) is 24.4 Å². The Labute approximate surface area is 120 Å². The smallest absolute Gasteiger partial charge is 0.399 e. The summed E-state index contributed by atoms with van der Waals surface area (Å²) >= 11 is 0. The molecule has 0 amide bonds. The summed E-state index contributed by atoms with van der Waals surface area (Å²) in [6.45, 7) is 9.10. The molecule has 1 aromatic rings. The first-order chi connectivity index (χ1) is 9.34. The molecule has 1 saturated heterocycles. The van der Waals surface area contributed by atoms with E-state index in [0.29, 0.717) is 0 Å². The van der Waals surface area contributed by atoms with E-state index in [9.17, 15) is 0 Å². The number of ether oxygens (including phenoxy) is 1. The molecular weight excluding hydrogens is 255 g/mol. The van der Waals surface area contributed by atoms with Gasteiger partial charge in [-0.25, -0.2) is 0 Å². The highest BCUT2D eigenvalue weighted by Gasteiger charge is 2.52. The number of rotatable bonds is 2. The van der Waals surface area contributed by atoms with Crippen LogP contribution in [0.3, 0.4) is 0 Å². The van der Waals surface area contributed by atoms with Gasteiger partial charge in [0.1, 0.15) is 0 Å². The highest BCUT2D eigenvalue weighted by atomic mass is 16.7. The molecule has 0 N–H and O–H groups in total. The fourth-order valence-corrected chi connectivity index (χ4v) is 2.80. The molecule has 3 rings (SSSR count). The fourth-order valence-electron chi connectivity index (χ4n) is 2.80. The molecule has 110 valence electrons. The molecule has 0 aromatic carbocycles. The van der Waals surface area contributed by atoms with Crippen LogP contribution in [-0.4, -0.2) is 41.3 Å². The predicted molar refractivity (Wildman–Crippen MR) is 77.1 cm³/mol. The molecule has 20 heavy (non-hydrogen) atoms. The Morgan fingerprint density at radius 1 is 1.30 bits per heavy atom. The van der Waals surface area contributed by atoms with E-state index in [1.54, 1.807) is 7.11 Å². The van der Waals surface area contributed by atoms with Crippen molar-refractivity contribution < 1.29 is 14.0 Å². The van der Waals surface area contributed by atoms with Crippen LogP contribution < -0.4 is 5.46 Å².